The number of carbonyl (C=O) groups excluding carboxylic acids is 2. The number of urea groups is 1. The van der Waals surface area contributed by atoms with Crippen molar-refractivity contribution >= 4 is 17.8 Å². The first-order valence-electron chi connectivity index (χ1n) is 6.04. The van der Waals surface area contributed by atoms with Crippen molar-refractivity contribution in [1.82, 2.24) is 10.8 Å². The van der Waals surface area contributed by atoms with Crippen LogP contribution in [0.4, 0.5) is 4.79 Å². The van der Waals surface area contributed by atoms with Gasteiger partial charge in [0.1, 0.15) is 0 Å². The van der Waals surface area contributed by atoms with E-state index in [2.05, 4.69) is 0 Å². The van der Waals surface area contributed by atoms with Crippen LogP contribution in [0.2, 0.25) is 0 Å². The fourth-order valence-electron chi connectivity index (χ4n) is 1.70. The summed E-state index contributed by atoms with van der Waals surface area (Å²) in [5.41, 5.74) is 2.27. The van der Waals surface area contributed by atoms with E-state index in [0.29, 0.717) is 12.8 Å². The van der Waals surface area contributed by atoms with E-state index in [-0.39, 0.29) is 6.42 Å². The SMILES string of the molecule is O=C(NO)NC(C(=O)O)C(=O)CCCc1ccccc1. The molecule has 7 nitrogen and oxygen atoms in total. The summed E-state index contributed by atoms with van der Waals surface area (Å²) in [4.78, 5) is 33.4. The van der Waals surface area contributed by atoms with Crippen LogP contribution in [0.1, 0.15) is 18.4 Å². The number of hydrogen-bond donors (Lipinski definition) is 4. The highest BCUT2D eigenvalue weighted by Gasteiger charge is 2.27. The second-order valence-corrected chi connectivity index (χ2v) is 4.16. The van der Waals surface area contributed by atoms with E-state index in [1.807, 2.05) is 35.6 Å². The van der Waals surface area contributed by atoms with E-state index in [4.69, 9.17) is 10.3 Å². The average Bonchev–Trinajstić information content (AvgIpc) is 2.45. The number of carbonyl (C=O) groups is 3. The van der Waals surface area contributed by atoms with E-state index in [0.717, 1.165) is 5.56 Å². The first-order valence-corrected chi connectivity index (χ1v) is 6.04. The van der Waals surface area contributed by atoms with Crippen LogP contribution in [0, 0.1) is 0 Å². The first kappa shape index (κ1) is 15.6. The zero-order valence-corrected chi connectivity index (χ0v) is 10.7. The number of hydrogen-bond acceptors (Lipinski definition) is 4. The van der Waals surface area contributed by atoms with E-state index < -0.39 is 23.8 Å². The zero-order chi connectivity index (χ0) is 15.0. The lowest BCUT2D eigenvalue weighted by Crippen LogP contribution is -2.49. The summed E-state index contributed by atoms with van der Waals surface area (Å²) in [7, 11) is 0. The Morgan fingerprint density at radius 2 is 1.80 bits per heavy atom. The lowest BCUT2D eigenvalue weighted by Gasteiger charge is -2.12. The maximum Gasteiger partial charge on any atom is 0.339 e. The minimum atomic E-state index is -1.65. The molecule has 20 heavy (non-hydrogen) atoms. The Kier molecular flexibility index (Phi) is 6.18. The molecule has 1 aromatic rings. The van der Waals surface area contributed by atoms with Crippen LogP contribution >= 0.6 is 0 Å². The van der Waals surface area contributed by atoms with Crippen LogP contribution in [0.25, 0.3) is 0 Å². The standard InChI is InChI=1S/C13H16N2O5/c16-10(11(12(17)18)14-13(19)15-20)8-4-7-9-5-2-1-3-6-9/h1-3,5-6,11,20H,4,7-8H2,(H,17,18)(H2,14,15,19). The molecule has 0 saturated carbocycles. The summed E-state index contributed by atoms with van der Waals surface area (Å²) in [5.74, 6) is -2.07. The summed E-state index contributed by atoms with van der Waals surface area (Å²) < 4.78 is 0. The van der Waals surface area contributed by atoms with Crippen LogP contribution in [0.3, 0.4) is 0 Å². The number of amides is 2. The number of benzene rings is 1. The van der Waals surface area contributed by atoms with Crippen LogP contribution in [-0.2, 0) is 16.0 Å². The molecule has 4 N–H and O–H groups in total. The Hall–Kier alpha value is -2.41. The first-order chi connectivity index (χ1) is 9.54. The molecule has 0 radical (unpaired) electrons. The minimum absolute atomic E-state index is 0.0254. The molecule has 0 aromatic heterocycles. The van der Waals surface area contributed by atoms with Gasteiger partial charge in [0.25, 0.3) is 0 Å². The Labute approximate surface area is 115 Å². The predicted octanol–water partition coefficient (Wildman–Crippen LogP) is 0.720. The Morgan fingerprint density at radius 1 is 1.15 bits per heavy atom. The molecule has 1 rings (SSSR count). The van der Waals surface area contributed by atoms with Crippen molar-refractivity contribution in [3.8, 4) is 0 Å². The van der Waals surface area contributed by atoms with Crippen LogP contribution in [0.15, 0.2) is 30.3 Å². The molecule has 0 spiro atoms. The maximum atomic E-state index is 11.7. The lowest BCUT2D eigenvalue weighted by atomic mass is 10.0. The minimum Gasteiger partial charge on any atom is -0.479 e. The van der Waals surface area contributed by atoms with Crippen molar-refractivity contribution in [2.45, 2.75) is 25.3 Å². The van der Waals surface area contributed by atoms with Gasteiger partial charge >= 0.3 is 12.0 Å². The molecule has 0 aliphatic heterocycles. The maximum absolute atomic E-state index is 11.7. The molecule has 0 aliphatic rings. The van der Waals surface area contributed by atoms with E-state index in [1.54, 1.807) is 0 Å². The molecule has 0 bridgehead atoms. The van der Waals surface area contributed by atoms with Crippen molar-refractivity contribution in [2.24, 2.45) is 0 Å². The molecule has 1 aromatic carbocycles. The van der Waals surface area contributed by atoms with Gasteiger partial charge < -0.3 is 10.4 Å². The molecule has 7 heteroatoms. The third-order valence-electron chi connectivity index (χ3n) is 2.68. The second kappa shape index (κ2) is 7.90. The van der Waals surface area contributed by atoms with E-state index >= 15 is 0 Å². The summed E-state index contributed by atoms with van der Waals surface area (Å²) >= 11 is 0. The smallest absolute Gasteiger partial charge is 0.339 e. The monoisotopic (exact) mass is 280 g/mol. The predicted molar refractivity (Wildman–Crippen MR) is 69.3 cm³/mol. The number of Topliss-reactive ketones (excluding diaryl/α,β-unsaturated/α-hetero) is 1. The fraction of sp³-hybridized carbons (Fsp3) is 0.308. The molecule has 0 heterocycles. The lowest BCUT2D eigenvalue weighted by molar-refractivity contribution is -0.143. The molecular weight excluding hydrogens is 264 g/mol. The number of hydroxylamine groups is 1. The number of ketones is 1. The van der Waals surface area contributed by atoms with Gasteiger partial charge in [-0.05, 0) is 18.4 Å². The molecule has 2 amide bonds. The van der Waals surface area contributed by atoms with Crippen LogP contribution < -0.4 is 10.8 Å². The molecule has 0 fully saturated rings. The largest absolute Gasteiger partial charge is 0.479 e. The Balaban J connectivity index is 2.46. The van der Waals surface area contributed by atoms with Crippen molar-refractivity contribution in [3.05, 3.63) is 35.9 Å². The van der Waals surface area contributed by atoms with Gasteiger partial charge in [0, 0.05) is 6.42 Å². The number of aliphatic carboxylic acids is 1. The number of carboxylic acid groups (broad SMARTS) is 1. The third kappa shape index (κ3) is 5.07. The van der Waals surface area contributed by atoms with Gasteiger partial charge in [-0.3, -0.25) is 10.0 Å². The molecule has 1 unspecified atom stereocenters. The van der Waals surface area contributed by atoms with E-state index in [9.17, 15) is 14.4 Å². The highest BCUT2D eigenvalue weighted by atomic mass is 16.5. The van der Waals surface area contributed by atoms with Gasteiger partial charge in [-0.1, -0.05) is 30.3 Å². The normalized spacial score (nSPS) is 11.4. The zero-order valence-electron chi connectivity index (χ0n) is 10.7. The van der Waals surface area contributed by atoms with Crippen molar-refractivity contribution in [1.29, 1.82) is 0 Å². The van der Waals surface area contributed by atoms with Crippen LogP contribution in [0.5, 0.6) is 0 Å². The summed E-state index contributed by atoms with van der Waals surface area (Å²) in [6.07, 6.45) is 1.15. The second-order valence-electron chi connectivity index (χ2n) is 4.16. The van der Waals surface area contributed by atoms with Gasteiger partial charge in [0.05, 0.1) is 0 Å². The summed E-state index contributed by atoms with van der Waals surface area (Å²) in [5, 5.41) is 19.0. The van der Waals surface area contributed by atoms with Gasteiger partial charge in [-0.2, -0.15) is 0 Å². The summed E-state index contributed by atoms with van der Waals surface area (Å²) in [6, 6.07) is 6.68. The quantitative estimate of drug-likeness (QED) is 0.333. The summed E-state index contributed by atoms with van der Waals surface area (Å²) in [6.45, 7) is 0. The van der Waals surface area contributed by atoms with Crippen molar-refractivity contribution < 1.29 is 24.7 Å². The van der Waals surface area contributed by atoms with Gasteiger partial charge in [-0.25, -0.2) is 15.1 Å². The average molecular weight is 280 g/mol. The highest BCUT2D eigenvalue weighted by molar-refractivity contribution is 6.04. The number of nitrogens with one attached hydrogen (secondary N) is 2. The molecule has 108 valence electrons. The molecule has 0 aliphatic carbocycles. The Morgan fingerprint density at radius 3 is 2.35 bits per heavy atom. The number of carboxylic acids is 1. The molecule has 1 atom stereocenters. The van der Waals surface area contributed by atoms with Crippen molar-refractivity contribution in [3.63, 3.8) is 0 Å². The topological polar surface area (TPSA) is 116 Å². The number of rotatable bonds is 7. The van der Waals surface area contributed by atoms with Gasteiger partial charge in [0.2, 0.25) is 0 Å². The third-order valence-corrected chi connectivity index (χ3v) is 2.68. The molecule has 0 saturated heterocycles. The fourth-order valence-corrected chi connectivity index (χ4v) is 1.70. The number of aryl methyl sites for hydroxylation is 1. The van der Waals surface area contributed by atoms with E-state index in [1.165, 1.54) is 5.48 Å². The van der Waals surface area contributed by atoms with Crippen LogP contribution in [-0.4, -0.2) is 34.1 Å². The highest BCUT2D eigenvalue weighted by Crippen LogP contribution is 2.06. The van der Waals surface area contributed by atoms with Crippen molar-refractivity contribution in [2.75, 3.05) is 0 Å². The Bertz CT molecular complexity index is 475. The van der Waals surface area contributed by atoms with Gasteiger partial charge in [-0.15, -0.1) is 0 Å². The molecular formula is C13H16N2O5. The van der Waals surface area contributed by atoms with Gasteiger partial charge in [0.15, 0.2) is 11.8 Å².